The van der Waals surface area contributed by atoms with Crippen LogP contribution >= 0.6 is 0 Å². The maximum atomic E-state index is 10.8. The van der Waals surface area contributed by atoms with E-state index in [1.807, 2.05) is 70.2 Å². The molecular formula is C22H28N2O4. The zero-order chi connectivity index (χ0) is 20.3. The SMILES string of the molecule is COc1cc(C2=NC(C)(C)ON2)c(C(O)C(C)C)cc1OCc1ccccc1. The van der Waals surface area contributed by atoms with Crippen LogP contribution in [0.4, 0.5) is 0 Å². The molecule has 150 valence electrons. The van der Waals surface area contributed by atoms with Crippen molar-refractivity contribution >= 4 is 5.84 Å². The van der Waals surface area contributed by atoms with Crippen LogP contribution in [0.5, 0.6) is 11.5 Å². The molecule has 0 radical (unpaired) electrons. The Bertz CT molecular complexity index is 847. The number of hydrogen-bond acceptors (Lipinski definition) is 6. The predicted octanol–water partition coefficient (Wildman–Crippen LogP) is 3.98. The average molecular weight is 384 g/mol. The van der Waals surface area contributed by atoms with Crippen LogP contribution < -0.4 is 15.0 Å². The fourth-order valence-corrected chi connectivity index (χ4v) is 3.00. The van der Waals surface area contributed by atoms with Gasteiger partial charge in [-0.2, -0.15) is 0 Å². The third kappa shape index (κ3) is 4.46. The van der Waals surface area contributed by atoms with E-state index < -0.39 is 11.8 Å². The van der Waals surface area contributed by atoms with Crippen LogP contribution in [0.2, 0.25) is 0 Å². The van der Waals surface area contributed by atoms with E-state index in [1.165, 1.54) is 0 Å². The molecule has 0 aromatic heterocycles. The highest BCUT2D eigenvalue weighted by molar-refractivity contribution is 6.01. The van der Waals surface area contributed by atoms with Crippen molar-refractivity contribution in [1.29, 1.82) is 0 Å². The van der Waals surface area contributed by atoms with Crippen LogP contribution in [0.15, 0.2) is 47.5 Å². The second kappa shape index (κ2) is 8.20. The van der Waals surface area contributed by atoms with E-state index in [0.29, 0.717) is 29.5 Å². The Hall–Kier alpha value is -2.57. The van der Waals surface area contributed by atoms with E-state index in [0.717, 1.165) is 11.1 Å². The Balaban J connectivity index is 2.00. The Morgan fingerprint density at radius 3 is 2.43 bits per heavy atom. The number of aliphatic hydroxyl groups excluding tert-OH is 1. The molecule has 0 bridgehead atoms. The number of aliphatic imine (C=N–C) groups is 1. The Morgan fingerprint density at radius 2 is 1.86 bits per heavy atom. The summed E-state index contributed by atoms with van der Waals surface area (Å²) < 4.78 is 11.6. The molecule has 0 saturated heterocycles. The number of rotatable bonds is 7. The molecule has 28 heavy (non-hydrogen) atoms. The smallest absolute Gasteiger partial charge is 0.182 e. The van der Waals surface area contributed by atoms with Gasteiger partial charge in [-0.05, 0) is 43.0 Å². The summed E-state index contributed by atoms with van der Waals surface area (Å²) in [5.41, 5.74) is 4.69. The normalized spacial score (nSPS) is 16.5. The van der Waals surface area contributed by atoms with Gasteiger partial charge in [-0.3, -0.25) is 0 Å². The number of nitrogens with one attached hydrogen (secondary N) is 1. The summed E-state index contributed by atoms with van der Waals surface area (Å²) in [5, 5.41) is 10.8. The molecule has 0 fully saturated rings. The highest BCUT2D eigenvalue weighted by Crippen LogP contribution is 2.37. The van der Waals surface area contributed by atoms with Gasteiger partial charge < -0.3 is 14.6 Å². The largest absolute Gasteiger partial charge is 0.493 e. The Labute approximate surface area is 166 Å². The minimum atomic E-state index is -0.687. The summed E-state index contributed by atoms with van der Waals surface area (Å²) in [4.78, 5) is 10.1. The molecule has 6 nitrogen and oxygen atoms in total. The lowest BCUT2D eigenvalue weighted by atomic mass is 9.93. The summed E-state index contributed by atoms with van der Waals surface area (Å²) in [6.07, 6.45) is -0.687. The number of aliphatic hydroxyl groups is 1. The van der Waals surface area contributed by atoms with Gasteiger partial charge in [0.2, 0.25) is 0 Å². The lowest BCUT2D eigenvalue weighted by molar-refractivity contribution is -0.0270. The molecule has 2 aromatic carbocycles. The van der Waals surface area contributed by atoms with Crippen molar-refractivity contribution in [2.45, 2.75) is 46.1 Å². The maximum absolute atomic E-state index is 10.8. The molecule has 1 heterocycles. The summed E-state index contributed by atoms with van der Waals surface area (Å²) in [6, 6.07) is 13.6. The molecule has 0 spiro atoms. The summed E-state index contributed by atoms with van der Waals surface area (Å²) in [6.45, 7) is 8.06. The molecule has 1 unspecified atom stereocenters. The van der Waals surface area contributed by atoms with Crippen molar-refractivity contribution in [3.63, 3.8) is 0 Å². The van der Waals surface area contributed by atoms with Gasteiger partial charge >= 0.3 is 0 Å². The van der Waals surface area contributed by atoms with Gasteiger partial charge in [0.15, 0.2) is 23.1 Å². The second-order valence-electron chi connectivity index (χ2n) is 7.66. The molecule has 3 rings (SSSR count). The lowest BCUT2D eigenvalue weighted by Gasteiger charge is -2.21. The molecule has 0 aliphatic carbocycles. The van der Waals surface area contributed by atoms with Crippen molar-refractivity contribution in [2.24, 2.45) is 10.9 Å². The lowest BCUT2D eigenvalue weighted by Crippen LogP contribution is -2.24. The van der Waals surface area contributed by atoms with Crippen molar-refractivity contribution < 1.29 is 19.4 Å². The zero-order valence-corrected chi connectivity index (χ0v) is 17.0. The van der Waals surface area contributed by atoms with Crippen LogP contribution in [0.3, 0.4) is 0 Å². The first-order chi connectivity index (χ1) is 13.3. The maximum Gasteiger partial charge on any atom is 0.182 e. The van der Waals surface area contributed by atoms with Crippen LogP contribution in [-0.2, 0) is 11.4 Å². The molecule has 6 heteroatoms. The first-order valence-corrected chi connectivity index (χ1v) is 9.41. The van der Waals surface area contributed by atoms with Crippen molar-refractivity contribution in [3.8, 4) is 11.5 Å². The Morgan fingerprint density at radius 1 is 1.14 bits per heavy atom. The van der Waals surface area contributed by atoms with E-state index in [9.17, 15) is 5.11 Å². The number of nitrogens with zero attached hydrogens (tertiary/aromatic N) is 1. The first-order valence-electron chi connectivity index (χ1n) is 9.41. The van der Waals surface area contributed by atoms with Crippen molar-refractivity contribution in [2.75, 3.05) is 7.11 Å². The van der Waals surface area contributed by atoms with Gasteiger partial charge in [0.25, 0.3) is 0 Å². The van der Waals surface area contributed by atoms with Gasteiger partial charge in [0, 0.05) is 5.56 Å². The summed E-state index contributed by atoms with van der Waals surface area (Å²) in [7, 11) is 1.59. The van der Waals surface area contributed by atoms with E-state index in [-0.39, 0.29) is 5.92 Å². The van der Waals surface area contributed by atoms with Gasteiger partial charge in [0.1, 0.15) is 6.61 Å². The predicted molar refractivity (Wildman–Crippen MR) is 108 cm³/mol. The van der Waals surface area contributed by atoms with E-state index >= 15 is 0 Å². The standard InChI is InChI=1S/C22H28N2O4/c1-14(2)20(25)16-11-19(27-13-15-9-7-6-8-10-15)18(26-5)12-17(16)21-23-22(3,4)28-24-21/h6-12,14,20,25H,13H2,1-5H3,(H,23,24). The van der Waals surface area contributed by atoms with Crippen LogP contribution in [0.25, 0.3) is 0 Å². The minimum Gasteiger partial charge on any atom is -0.493 e. The molecule has 1 aliphatic heterocycles. The molecular weight excluding hydrogens is 356 g/mol. The van der Waals surface area contributed by atoms with Crippen LogP contribution in [-0.4, -0.2) is 23.8 Å². The molecule has 2 aromatic rings. The molecule has 2 N–H and O–H groups in total. The van der Waals surface area contributed by atoms with Crippen LogP contribution in [0, 0.1) is 5.92 Å². The minimum absolute atomic E-state index is 0.0186. The average Bonchev–Trinajstić information content (AvgIpc) is 3.05. The fourth-order valence-electron chi connectivity index (χ4n) is 3.00. The number of hydrogen-bond donors (Lipinski definition) is 2. The highest BCUT2D eigenvalue weighted by Gasteiger charge is 2.30. The summed E-state index contributed by atoms with van der Waals surface area (Å²) in [5.74, 6) is 1.72. The molecule has 1 aliphatic rings. The zero-order valence-electron chi connectivity index (χ0n) is 17.0. The first kappa shape index (κ1) is 20.2. The molecule has 0 saturated carbocycles. The van der Waals surface area contributed by atoms with Gasteiger partial charge in [-0.25, -0.2) is 15.3 Å². The van der Waals surface area contributed by atoms with Crippen molar-refractivity contribution in [3.05, 3.63) is 59.2 Å². The van der Waals surface area contributed by atoms with Gasteiger partial charge in [0.05, 0.1) is 13.2 Å². The topological polar surface area (TPSA) is 72.3 Å². The second-order valence-corrected chi connectivity index (χ2v) is 7.66. The van der Waals surface area contributed by atoms with Gasteiger partial charge in [-0.15, -0.1) is 0 Å². The Kier molecular flexibility index (Phi) is 5.91. The fraction of sp³-hybridized carbons (Fsp3) is 0.409. The monoisotopic (exact) mass is 384 g/mol. The van der Waals surface area contributed by atoms with Gasteiger partial charge in [-0.1, -0.05) is 44.2 Å². The van der Waals surface area contributed by atoms with Crippen LogP contribution in [0.1, 0.15) is 50.5 Å². The van der Waals surface area contributed by atoms with E-state index in [1.54, 1.807) is 7.11 Å². The highest BCUT2D eigenvalue weighted by atomic mass is 16.7. The van der Waals surface area contributed by atoms with E-state index in [4.69, 9.17) is 14.3 Å². The summed E-state index contributed by atoms with van der Waals surface area (Å²) >= 11 is 0. The quantitative estimate of drug-likeness (QED) is 0.755. The number of benzene rings is 2. The molecule has 1 atom stereocenters. The number of amidine groups is 1. The number of methoxy groups -OCH3 is 1. The number of ether oxygens (including phenoxy) is 2. The number of hydroxylamine groups is 1. The third-order valence-corrected chi connectivity index (χ3v) is 4.56. The third-order valence-electron chi connectivity index (χ3n) is 4.56. The van der Waals surface area contributed by atoms with E-state index in [2.05, 4.69) is 10.5 Å². The molecule has 0 amide bonds. The van der Waals surface area contributed by atoms with Crippen molar-refractivity contribution in [1.82, 2.24) is 5.48 Å².